The Morgan fingerprint density at radius 3 is 2.52 bits per heavy atom. The van der Waals surface area contributed by atoms with Gasteiger partial charge in [-0.25, -0.2) is 0 Å². The van der Waals surface area contributed by atoms with Crippen molar-refractivity contribution >= 4 is 23.6 Å². The molecule has 0 radical (unpaired) electrons. The molecule has 0 saturated heterocycles. The molecule has 1 amide bonds. The minimum atomic E-state index is -0.616. The van der Waals surface area contributed by atoms with Crippen LogP contribution < -0.4 is 14.8 Å². The fourth-order valence-corrected chi connectivity index (χ4v) is 2.01. The van der Waals surface area contributed by atoms with Crippen molar-refractivity contribution in [3.63, 3.8) is 0 Å². The third kappa shape index (κ3) is 5.03. The maximum atomic E-state index is 11.9. The van der Waals surface area contributed by atoms with Gasteiger partial charge in [-0.1, -0.05) is 0 Å². The van der Waals surface area contributed by atoms with Crippen molar-refractivity contribution in [2.24, 2.45) is 0 Å². The van der Waals surface area contributed by atoms with Gasteiger partial charge in [0.1, 0.15) is 11.5 Å². The number of nitrogens with zero attached hydrogens (tertiary/aromatic N) is 1. The second kappa shape index (κ2) is 8.44. The molecule has 0 unspecified atom stereocenters. The van der Waals surface area contributed by atoms with E-state index in [1.807, 2.05) is 6.92 Å². The van der Waals surface area contributed by atoms with Gasteiger partial charge in [0.25, 0.3) is 11.6 Å². The first kappa shape index (κ1) is 17.9. The number of nitro groups is 1. The van der Waals surface area contributed by atoms with Gasteiger partial charge < -0.3 is 14.8 Å². The molecule has 0 fully saturated rings. The summed E-state index contributed by atoms with van der Waals surface area (Å²) >= 11 is 0. The number of rotatable bonds is 8. The molecular formula is C17H16N2O6. The van der Waals surface area contributed by atoms with Gasteiger partial charge in [0.2, 0.25) is 0 Å². The largest absolute Gasteiger partial charge is 0.494 e. The van der Waals surface area contributed by atoms with Gasteiger partial charge >= 0.3 is 0 Å². The molecule has 0 saturated carbocycles. The van der Waals surface area contributed by atoms with Crippen molar-refractivity contribution in [1.29, 1.82) is 0 Å². The maximum Gasteiger partial charge on any atom is 0.270 e. The molecule has 0 bridgehead atoms. The van der Waals surface area contributed by atoms with E-state index >= 15 is 0 Å². The Kier molecular flexibility index (Phi) is 6.05. The number of carbonyl (C=O) groups is 2. The number of nitrogens with one attached hydrogen (secondary N) is 1. The van der Waals surface area contributed by atoms with E-state index in [1.54, 1.807) is 24.3 Å². The third-order valence-electron chi connectivity index (χ3n) is 3.14. The fourth-order valence-electron chi connectivity index (χ4n) is 2.01. The number of carbonyl (C=O) groups excluding carboxylic acids is 2. The lowest BCUT2D eigenvalue weighted by Crippen LogP contribution is -2.20. The van der Waals surface area contributed by atoms with Gasteiger partial charge in [-0.05, 0) is 37.3 Å². The predicted octanol–water partition coefficient (Wildman–Crippen LogP) is 2.82. The number of hydrogen-bond acceptors (Lipinski definition) is 6. The molecule has 0 aromatic heterocycles. The molecule has 0 aliphatic rings. The van der Waals surface area contributed by atoms with E-state index in [-0.39, 0.29) is 23.6 Å². The summed E-state index contributed by atoms with van der Waals surface area (Å²) < 4.78 is 10.6. The van der Waals surface area contributed by atoms with E-state index in [1.165, 1.54) is 12.1 Å². The molecule has 2 rings (SSSR count). The normalized spacial score (nSPS) is 9.96. The fraction of sp³-hybridized carbons (Fsp3) is 0.176. The smallest absolute Gasteiger partial charge is 0.270 e. The lowest BCUT2D eigenvalue weighted by molar-refractivity contribution is -0.384. The zero-order valence-electron chi connectivity index (χ0n) is 13.4. The first-order valence-corrected chi connectivity index (χ1v) is 7.42. The summed E-state index contributed by atoms with van der Waals surface area (Å²) in [5.41, 5.74) is 0.340. The second-order valence-corrected chi connectivity index (χ2v) is 4.89. The average Bonchev–Trinajstić information content (AvgIpc) is 2.61. The first-order chi connectivity index (χ1) is 12.0. The van der Waals surface area contributed by atoms with Crippen molar-refractivity contribution in [3.05, 3.63) is 58.1 Å². The molecule has 8 nitrogen and oxygen atoms in total. The van der Waals surface area contributed by atoms with Crippen LogP contribution in [0, 0.1) is 10.1 Å². The van der Waals surface area contributed by atoms with Crippen molar-refractivity contribution in [3.8, 4) is 11.5 Å². The van der Waals surface area contributed by atoms with Gasteiger partial charge in [-0.2, -0.15) is 0 Å². The van der Waals surface area contributed by atoms with Crippen LogP contribution in [0.4, 0.5) is 11.4 Å². The molecule has 2 aromatic rings. The van der Waals surface area contributed by atoms with E-state index in [4.69, 9.17) is 9.47 Å². The molecule has 0 heterocycles. The highest BCUT2D eigenvalue weighted by Crippen LogP contribution is 2.23. The summed E-state index contributed by atoms with van der Waals surface area (Å²) in [4.78, 5) is 33.0. The highest BCUT2D eigenvalue weighted by atomic mass is 16.6. The van der Waals surface area contributed by atoms with E-state index in [9.17, 15) is 19.7 Å². The van der Waals surface area contributed by atoms with Crippen LogP contribution >= 0.6 is 0 Å². The number of non-ortho nitro benzene ring substituents is 1. The number of benzene rings is 2. The lowest BCUT2D eigenvalue weighted by atomic mass is 10.2. The highest BCUT2D eigenvalue weighted by molar-refractivity contribution is 5.92. The molecule has 2 aromatic carbocycles. The predicted molar refractivity (Wildman–Crippen MR) is 90.2 cm³/mol. The Balaban J connectivity index is 1.95. The Morgan fingerprint density at radius 2 is 1.92 bits per heavy atom. The molecule has 0 aliphatic carbocycles. The summed E-state index contributed by atoms with van der Waals surface area (Å²) in [7, 11) is 0. The van der Waals surface area contributed by atoms with Crippen molar-refractivity contribution in [2.45, 2.75) is 6.92 Å². The van der Waals surface area contributed by atoms with Gasteiger partial charge in [0.15, 0.2) is 12.9 Å². The van der Waals surface area contributed by atoms with Crippen molar-refractivity contribution in [1.82, 2.24) is 0 Å². The number of hydrogen-bond donors (Lipinski definition) is 1. The molecule has 8 heteroatoms. The molecular weight excluding hydrogens is 328 g/mol. The molecule has 25 heavy (non-hydrogen) atoms. The van der Waals surface area contributed by atoms with Crippen molar-refractivity contribution in [2.75, 3.05) is 18.5 Å². The number of nitro benzene ring substituents is 1. The molecule has 0 atom stereocenters. The van der Waals surface area contributed by atoms with E-state index in [0.717, 1.165) is 6.07 Å². The topological polar surface area (TPSA) is 108 Å². The first-order valence-electron chi connectivity index (χ1n) is 7.42. The van der Waals surface area contributed by atoms with Crippen LogP contribution in [0.5, 0.6) is 11.5 Å². The quantitative estimate of drug-likeness (QED) is 0.448. The van der Waals surface area contributed by atoms with Gasteiger partial charge in [0.05, 0.1) is 17.1 Å². The zero-order chi connectivity index (χ0) is 18.2. The Bertz CT molecular complexity index is 773. The van der Waals surface area contributed by atoms with Crippen LogP contribution in [-0.2, 0) is 4.79 Å². The van der Waals surface area contributed by atoms with Crippen LogP contribution in [0.2, 0.25) is 0 Å². The SMILES string of the molecule is CCOc1ccc(NC(=O)COc2ccc([N+](=O)[O-])cc2C=O)cc1. The highest BCUT2D eigenvalue weighted by Gasteiger charge is 2.12. The molecule has 1 N–H and O–H groups in total. The van der Waals surface area contributed by atoms with Crippen LogP contribution in [-0.4, -0.2) is 30.3 Å². The number of ether oxygens (including phenoxy) is 2. The van der Waals surface area contributed by atoms with Crippen LogP contribution in [0.1, 0.15) is 17.3 Å². The van der Waals surface area contributed by atoms with Gasteiger partial charge in [0, 0.05) is 17.8 Å². The minimum absolute atomic E-state index is 0.00284. The summed E-state index contributed by atoms with van der Waals surface area (Å²) in [6.45, 7) is 2.08. The third-order valence-corrected chi connectivity index (χ3v) is 3.14. The second-order valence-electron chi connectivity index (χ2n) is 4.89. The number of aldehydes is 1. The number of anilines is 1. The van der Waals surface area contributed by atoms with E-state index < -0.39 is 10.8 Å². The summed E-state index contributed by atoms with van der Waals surface area (Å²) in [5, 5.41) is 13.3. The van der Waals surface area contributed by atoms with Gasteiger partial charge in [-0.15, -0.1) is 0 Å². The monoisotopic (exact) mass is 344 g/mol. The maximum absolute atomic E-state index is 11.9. The van der Waals surface area contributed by atoms with Gasteiger partial charge in [-0.3, -0.25) is 19.7 Å². The number of amides is 1. The summed E-state index contributed by atoms with van der Waals surface area (Å²) in [6.07, 6.45) is 0.437. The Labute approximate surface area is 143 Å². The lowest BCUT2D eigenvalue weighted by Gasteiger charge is -2.09. The standard InChI is InChI=1S/C17H16N2O6/c1-2-24-15-6-3-13(4-7-15)18-17(21)11-25-16-8-5-14(19(22)23)9-12(16)10-20/h3-10H,2,11H2,1H3,(H,18,21). The Hall–Kier alpha value is -3.42. The molecule has 0 spiro atoms. The van der Waals surface area contributed by atoms with Crippen LogP contribution in [0.3, 0.4) is 0 Å². The van der Waals surface area contributed by atoms with E-state index in [2.05, 4.69) is 5.32 Å². The Morgan fingerprint density at radius 1 is 1.20 bits per heavy atom. The molecule has 130 valence electrons. The van der Waals surface area contributed by atoms with Crippen LogP contribution in [0.25, 0.3) is 0 Å². The summed E-state index contributed by atoms with van der Waals surface area (Å²) in [5.74, 6) is 0.361. The van der Waals surface area contributed by atoms with E-state index in [0.29, 0.717) is 24.3 Å². The average molecular weight is 344 g/mol. The van der Waals surface area contributed by atoms with Crippen molar-refractivity contribution < 1.29 is 24.0 Å². The van der Waals surface area contributed by atoms with Crippen LogP contribution in [0.15, 0.2) is 42.5 Å². The minimum Gasteiger partial charge on any atom is -0.494 e. The summed E-state index contributed by atoms with van der Waals surface area (Å²) in [6, 6.07) is 10.4. The zero-order valence-corrected chi connectivity index (χ0v) is 13.4. The molecule has 0 aliphatic heterocycles.